The smallest absolute Gasteiger partial charge is 0.310 e. The molecule has 1 aromatic heterocycles. The molecule has 1 atom stereocenters. The lowest BCUT2D eigenvalue weighted by molar-refractivity contribution is -0.146. The Hall–Kier alpha value is -0.940. The summed E-state index contributed by atoms with van der Waals surface area (Å²) >= 11 is 1.63. The van der Waals surface area contributed by atoms with Crippen molar-refractivity contribution in [3.05, 3.63) is 16.1 Å². The molecule has 90 valence electrons. The summed E-state index contributed by atoms with van der Waals surface area (Å²) in [6.07, 6.45) is 1.83. The van der Waals surface area contributed by atoms with Gasteiger partial charge in [0.15, 0.2) is 0 Å². The Bertz CT molecular complexity index is 374. The summed E-state index contributed by atoms with van der Waals surface area (Å²) in [6.45, 7) is 7.86. The molecular formula is C11H18N2O2S. The molecule has 0 bridgehead atoms. The van der Waals surface area contributed by atoms with E-state index in [4.69, 9.17) is 5.11 Å². The van der Waals surface area contributed by atoms with Gasteiger partial charge in [0.05, 0.1) is 11.5 Å². The van der Waals surface area contributed by atoms with E-state index in [9.17, 15) is 4.79 Å². The van der Waals surface area contributed by atoms with Crippen LogP contribution in [0.25, 0.3) is 0 Å². The van der Waals surface area contributed by atoms with Gasteiger partial charge in [0.25, 0.3) is 0 Å². The fourth-order valence-corrected chi connectivity index (χ4v) is 1.94. The van der Waals surface area contributed by atoms with E-state index < -0.39 is 11.4 Å². The molecule has 0 aliphatic heterocycles. The molecule has 0 aliphatic carbocycles. The van der Waals surface area contributed by atoms with Gasteiger partial charge in [0.1, 0.15) is 5.01 Å². The molecule has 0 saturated heterocycles. The highest BCUT2D eigenvalue weighted by Gasteiger charge is 2.27. The predicted octanol–water partition coefficient (Wildman–Crippen LogP) is 2.21. The minimum atomic E-state index is -0.789. The first-order valence-electron chi connectivity index (χ1n) is 5.22. The van der Waals surface area contributed by atoms with Crippen molar-refractivity contribution >= 4 is 17.3 Å². The zero-order valence-corrected chi connectivity index (χ0v) is 10.9. The summed E-state index contributed by atoms with van der Waals surface area (Å²) in [6, 6.07) is 0.0947. The summed E-state index contributed by atoms with van der Waals surface area (Å²) < 4.78 is 0. The average molecular weight is 242 g/mol. The zero-order chi connectivity index (χ0) is 12.3. The molecule has 1 aromatic rings. The fourth-order valence-electron chi connectivity index (χ4n) is 1.14. The maximum absolute atomic E-state index is 10.9. The topological polar surface area (TPSA) is 62.2 Å². The molecule has 1 unspecified atom stereocenters. The summed E-state index contributed by atoms with van der Waals surface area (Å²) in [5, 5.41) is 13.2. The molecule has 16 heavy (non-hydrogen) atoms. The first-order valence-corrected chi connectivity index (χ1v) is 6.03. The maximum Gasteiger partial charge on any atom is 0.310 e. The van der Waals surface area contributed by atoms with E-state index in [-0.39, 0.29) is 6.04 Å². The number of aromatic nitrogens is 1. The van der Waals surface area contributed by atoms with Gasteiger partial charge < -0.3 is 10.4 Å². The van der Waals surface area contributed by atoms with Crippen LogP contribution in [0.5, 0.6) is 0 Å². The zero-order valence-electron chi connectivity index (χ0n) is 10.1. The Kier molecular flexibility index (Phi) is 4.04. The minimum absolute atomic E-state index is 0.0947. The summed E-state index contributed by atoms with van der Waals surface area (Å²) in [5.41, 5.74) is -0.749. The molecule has 1 heterocycles. The number of carbonyl (C=O) groups is 1. The Morgan fingerprint density at radius 2 is 2.31 bits per heavy atom. The lowest BCUT2D eigenvalue weighted by Gasteiger charge is -2.21. The van der Waals surface area contributed by atoms with E-state index in [1.54, 1.807) is 25.2 Å². The van der Waals surface area contributed by atoms with Crippen molar-refractivity contribution < 1.29 is 9.90 Å². The molecule has 0 fully saturated rings. The van der Waals surface area contributed by atoms with Gasteiger partial charge in [-0.2, -0.15) is 0 Å². The summed E-state index contributed by atoms with van der Waals surface area (Å²) in [7, 11) is 0. The van der Waals surface area contributed by atoms with Crippen LogP contribution in [0.2, 0.25) is 0 Å². The van der Waals surface area contributed by atoms with Crippen molar-refractivity contribution in [1.29, 1.82) is 0 Å². The standard InChI is InChI=1S/C11H18N2O2S/c1-7-5-12-9(16-7)8(2)13-6-11(3,4)10(14)15/h5,8,13H,6H2,1-4H3,(H,14,15). The number of nitrogens with zero attached hydrogens (tertiary/aromatic N) is 1. The molecule has 0 radical (unpaired) electrons. The molecule has 0 spiro atoms. The minimum Gasteiger partial charge on any atom is -0.481 e. The van der Waals surface area contributed by atoms with Gasteiger partial charge >= 0.3 is 5.97 Å². The Morgan fingerprint density at radius 3 is 2.75 bits per heavy atom. The molecule has 4 nitrogen and oxygen atoms in total. The number of carboxylic acid groups (broad SMARTS) is 1. The second-order valence-electron chi connectivity index (χ2n) is 4.60. The van der Waals surface area contributed by atoms with Gasteiger partial charge in [0, 0.05) is 17.6 Å². The van der Waals surface area contributed by atoms with Crippen LogP contribution in [0, 0.1) is 12.3 Å². The summed E-state index contributed by atoms with van der Waals surface area (Å²) in [5.74, 6) is -0.789. The monoisotopic (exact) mass is 242 g/mol. The molecule has 1 rings (SSSR count). The van der Waals surface area contributed by atoms with Crippen LogP contribution in [-0.4, -0.2) is 22.6 Å². The quantitative estimate of drug-likeness (QED) is 0.831. The van der Waals surface area contributed by atoms with Crippen molar-refractivity contribution in [2.24, 2.45) is 5.41 Å². The third kappa shape index (κ3) is 3.28. The highest BCUT2D eigenvalue weighted by molar-refractivity contribution is 7.11. The van der Waals surface area contributed by atoms with Crippen molar-refractivity contribution in [3.8, 4) is 0 Å². The maximum atomic E-state index is 10.9. The molecule has 0 aliphatic rings. The van der Waals surface area contributed by atoms with Gasteiger partial charge in [-0.1, -0.05) is 0 Å². The van der Waals surface area contributed by atoms with Crippen molar-refractivity contribution in [2.45, 2.75) is 33.7 Å². The van der Waals surface area contributed by atoms with Crippen LogP contribution in [-0.2, 0) is 4.79 Å². The lowest BCUT2D eigenvalue weighted by atomic mass is 9.93. The van der Waals surface area contributed by atoms with Gasteiger partial charge in [-0.25, -0.2) is 4.98 Å². The van der Waals surface area contributed by atoms with Gasteiger partial charge in [-0.05, 0) is 27.7 Å². The number of thiazole rings is 1. The molecule has 5 heteroatoms. The van der Waals surface area contributed by atoms with E-state index in [2.05, 4.69) is 10.3 Å². The first kappa shape index (κ1) is 13.1. The van der Waals surface area contributed by atoms with Crippen molar-refractivity contribution in [1.82, 2.24) is 10.3 Å². The molecule has 2 N–H and O–H groups in total. The van der Waals surface area contributed by atoms with Crippen molar-refractivity contribution in [2.75, 3.05) is 6.54 Å². The van der Waals surface area contributed by atoms with E-state index in [0.29, 0.717) is 6.54 Å². The van der Waals surface area contributed by atoms with E-state index in [0.717, 1.165) is 5.01 Å². The van der Waals surface area contributed by atoms with Crippen LogP contribution in [0.3, 0.4) is 0 Å². The Morgan fingerprint density at radius 1 is 1.69 bits per heavy atom. The molecular weight excluding hydrogens is 224 g/mol. The normalized spacial score (nSPS) is 13.8. The molecule has 0 aromatic carbocycles. The first-order chi connectivity index (χ1) is 7.33. The Labute approximate surface area is 99.7 Å². The highest BCUT2D eigenvalue weighted by atomic mass is 32.1. The fraction of sp³-hybridized carbons (Fsp3) is 0.636. The van der Waals surface area contributed by atoms with Crippen LogP contribution in [0.1, 0.15) is 36.7 Å². The number of rotatable bonds is 5. The van der Waals surface area contributed by atoms with Gasteiger partial charge in [-0.3, -0.25) is 4.79 Å². The van der Waals surface area contributed by atoms with Crippen LogP contribution < -0.4 is 5.32 Å². The molecule has 0 saturated carbocycles. The summed E-state index contributed by atoms with van der Waals surface area (Å²) in [4.78, 5) is 16.4. The molecule has 0 amide bonds. The lowest BCUT2D eigenvalue weighted by Crippen LogP contribution is -2.37. The van der Waals surface area contributed by atoms with Gasteiger partial charge in [-0.15, -0.1) is 11.3 Å². The van der Waals surface area contributed by atoms with Crippen molar-refractivity contribution in [3.63, 3.8) is 0 Å². The average Bonchev–Trinajstić information content (AvgIpc) is 2.61. The predicted molar refractivity (Wildman–Crippen MR) is 64.7 cm³/mol. The second-order valence-corrected chi connectivity index (χ2v) is 5.87. The van der Waals surface area contributed by atoms with E-state index in [1.165, 1.54) is 4.88 Å². The van der Waals surface area contributed by atoms with Crippen LogP contribution in [0.4, 0.5) is 0 Å². The number of hydrogen-bond acceptors (Lipinski definition) is 4. The Balaban J connectivity index is 2.53. The van der Waals surface area contributed by atoms with Crippen LogP contribution >= 0.6 is 11.3 Å². The third-order valence-electron chi connectivity index (χ3n) is 2.44. The van der Waals surface area contributed by atoms with E-state index in [1.807, 2.05) is 20.0 Å². The highest BCUT2D eigenvalue weighted by Crippen LogP contribution is 2.21. The van der Waals surface area contributed by atoms with Gasteiger partial charge in [0.2, 0.25) is 0 Å². The number of nitrogens with one attached hydrogen (secondary N) is 1. The number of hydrogen-bond donors (Lipinski definition) is 2. The number of carboxylic acids is 1. The van der Waals surface area contributed by atoms with E-state index >= 15 is 0 Å². The number of aliphatic carboxylic acids is 1. The van der Waals surface area contributed by atoms with Crippen LogP contribution in [0.15, 0.2) is 6.20 Å². The largest absolute Gasteiger partial charge is 0.481 e. The number of aryl methyl sites for hydroxylation is 1. The SMILES string of the molecule is Cc1cnc(C(C)NCC(C)(C)C(=O)O)s1. The third-order valence-corrected chi connectivity index (χ3v) is 3.53. The second kappa shape index (κ2) is 4.93.